The molecule has 0 radical (unpaired) electrons. The van der Waals surface area contributed by atoms with Crippen LogP contribution in [0.1, 0.15) is 25.8 Å². The van der Waals surface area contributed by atoms with Crippen molar-refractivity contribution in [1.82, 2.24) is 5.32 Å². The average Bonchev–Trinajstić information content (AvgIpc) is 2.44. The van der Waals surface area contributed by atoms with E-state index >= 15 is 0 Å². The van der Waals surface area contributed by atoms with E-state index in [0.29, 0.717) is 19.8 Å². The molecule has 0 unspecified atom stereocenters. The largest absolute Gasteiger partial charge is 0.493 e. The van der Waals surface area contributed by atoms with Gasteiger partial charge in [0.25, 0.3) is 0 Å². The Balaban J connectivity index is 2.56. The van der Waals surface area contributed by atoms with Gasteiger partial charge in [-0.1, -0.05) is 13.0 Å². The number of rotatable bonds is 10. The highest BCUT2D eigenvalue weighted by atomic mass is 16.5. The van der Waals surface area contributed by atoms with Crippen LogP contribution in [0.3, 0.4) is 0 Å². The van der Waals surface area contributed by atoms with E-state index in [0.717, 1.165) is 31.0 Å². The number of hydrogen-bond acceptors (Lipinski definition) is 4. The maximum atomic E-state index is 5.70. The summed E-state index contributed by atoms with van der Waals surface area (Å²) in [6, 6.07) is 6.02. The fraction of sp³-hybridized carbons (Fsp3) is 0.600. The van der Waals surface area contributed by atoms with Crippen molar-refractivity contribution in [2.45, 2.75) is 26.8 Å². The minimum atomic E-state index is 0.538. The summed E-state index contributed by atoms with van der Waals surface area (Å²) in [5.41, 5.74) is 1.20. The first kappa shape index (κ1) is 15.8. The van der Waals surface area contributed by atoms with Gasteiger partial charge in [0, 0.05) is 13.2 Å². The van der Waals surface area contributed by atoms with Gasteiger partial charge in [0.15, 0.2) is 11.5 Å². The van der Waals surface area contributed by atoms with Crippen molar-refractivity contribution in [3.63, 3.8) is 0 Å². The first-order chi connectivity index (χ1) is 9.31. The molecule has 0 saturated carbocycles. The first-order valence-corrected chi connectivity index (χ1v) is 6.90. The molecule has 19 heavy (non-hydrogen) atoms. The summed E-state index contributed by atoms with van der Waals surface area (Å²) < 4.78 is 16.3. The van der Waals surface area contributed by atoms with Crippen LogP contribution in [-0.2, 0) is 11.3 Å². The molecule has 0 atom stereocenters. The second kappa shape index (κ2) is 9.64. The number of ether oxygens (including phenoxy) is 3. The Morgan fingerprint density at radius 3 is 2.63 bits per heavy atom. The van der Waals surface area contributed by atoms with Crippen LogP contribution in [0.2, 0.25) is 0 Å². The van der Waals surface area contributed by atoms with Crippen LogP contribution in [0.25, 0.3) is 0 Å². The third-order valence-corrected chi connectivity index (χ3v) is 2.67. The third-order valence-electron chi connectivity index (χ3n) is 2.67. The van der Waals surface area contributed by atoms with Gasteiger partial charge in [-0.25, -0.2) is 0 Å². The lowest BCUT2D eigenvalue weighted by atomic mass is 10.2. The predicted octanol–water partition coefficient (Wildman–Crippen LogP) is 2.61. The fourth-order valence-corrected chi connectivity index (χ4v) is 1.71. The SMILES string of the molecule is CCCNCc1ccc(OC)c(OCCOCC)c1. The Hall–Kier alpha value is -1.26. The quantitative estimate of drug-likeness (QED) is 0.661. The summed E-state index contributed by atoms with van der Waals surface area (Å²) in [5, 5.41) is 3.37. The van der Waals surface area contributed by atoms with Gasteiger partial charge in [-0.2, -0.15) is 0 Å². The fourth-order valence-electron chi connectivity index (χ4n) is 1.71. The molecule has 1 rings (SSSR count). The molecule has 0 aromatic heterocycles. The standard InChI is InChI=1S/C15H25NO3/c1-4-8-16-12-13-6-7-14(17-3)15(11-13)19-10-9-18-5-2/h6-7,11,16H,4-5,8-10,12H2,1-3H3. The monoisotopic (exact) mass is 267 g/mol. The highest BCUT2D eigenvalue weighted by Gasteiger charge is 2.05. The number of benzene rings is 1. The van der Waals surface area contributed by atoms with Crippen molar-refractivity contribution in [2.24, 2.45) is 0 Å². The zero-order valence-electron chi connectivity index (χ0n) is 12.2. The maximum Gasteiger partial charge on any atom is 0.161 e. The maximum absolute atomic E-state index is 5.70. The lowest BCUT2D eigenvalue weighted by Gasteiger charge is -2.12. The van der Waals surface area contributed by atoms with Crippen LogP contribution in [0.5, 0.6) is 11.5 Å². The zero-order chi connectivity index (χ0) is 13.9. The molecule has 1 N–H and O–H groups in total. The second-order valence-corrected chi connectivity index (χ2v) is 4.21. The van der Waals surface area contributed by atoms with Crippen LogP contribution in [0.4, 0.5) is 0 Å². The summed E-state index contributed by atoms with van der Waals surface area (Å²) in [6.45, 7) is 7.84. The Morgan fingerprint density at radius 2 is 1.95 bits per heavy atom. The minimum absolute atomic E-state index is 0.538. The molecular formula is C15H25NO3. The van der Waals surface area contributed by atoms with Crippen LogP contribution in [0.15, 0.2) is 18.2 Å². The molecule has 108 valence electrons. The Bertz CT molecular complexity index is 355. The lowest BCUT2D eigenvalue weighted by Crippen LogP contribution is -2.14. The Labute approximate surface area is 116 Å². The topological polar surface area (TPSA) is 39.7 Å². The molecule has 0 aliphatic carbocycles. The number of methoxy groups -OCH3 is 1. The minimum Gasteiger partial charge on any atom is -0.493 e. The number of hydrogen-bond donors (Lipinski definition) is 1. The molecule has 1 aromatic rings. The summed E-state index contributed by atoms with van der Waals surface area (Å²) in [6.07, 6.45) is 1.13. The van der Waals surface area contributed by atoms with Crippen LogP contribution < -0.4 is 14.8 Å². The van der Waals surface area contributed by atoms with Gasteiger partial charge in [-0.05, 0) is 37.6 Å². The molecular weight excluding hydrogens is 242 g/mol. The van der Waals surface area contributed by atoms with Gasteiger partial charge >= 0.3 is 0 Å². The highest BCUT2D eigenvalue weighted by Crippen LogP contribution is 2.27. The molecule has 0 amide bonds. The van der Waals surface area contributed by atoms with Crippen molar-refractivity contribution in [3.05, 3.63) is 23.8 Å². The summed E-state index contributed by atoms with van der Waals surface area (Å²) in [4.78, 5) is 0. The molecule has 0 aliphatic rings. The normalized spacial score (nSPS) is 10.5. The molecule has 0 fully saturated rings. The molecule has 1 aromatic carbocycles. The van der Waals surface area contributed by atoms with Gasteiger partial charge in [0.1, 0.15) is 6.61 Å². The molecule has 4 nitrogen and oxygen atoms in total. The molecule has 0 spiro atoms. The van der Waals surface area contributed by atoms with E-state index in [9.17, 15) is 0 Å². The van der Waals surface area contributed by atoms with Crippen LogP contribution in [-0.4, -0.2) is 33.5 Å². The Morgan fingerprint density at radius 1 is 1.11 bits per heavy atom. The van der Waals surface area contributed by atoms with Crippen molar-refractivity contribution in [1.29, 1.82) is 0 Å². The second-order valence-electron chi connectivity index (χ2n) is 4.21. The van der Waals surface area contributed by atoms with E-state index in [-0.39, 0.29) is 0 Å². The smallest absolute Gasteiger partial charge is 0.161 e. The molecule has 0 aliphatic heterocycles. The van der Waals surface area contributed by atoms with Gasteiger partial charge < -0.3 is 19.5 Å². The van der Waals surface area contributed by atoms with E-state index in [1.165, 1.54) is 5.56 Å². The molecule has 0 heterocycles. The van der Waals surface area contributed by atoms with Crippen molar-refractivity contribution >= 4 is 0 Å². The summed E-state index contributed by atoms with van der Waals surface area (Å²) in [7, 11) is 1.65. The summed E-state index contributed by atoms with van der Waals surface area (Å²) in [5.74, 6) is 1.54. The van der Waals surface area contributed by atoms with Crippen LogP contribution in [0, 0.1) is 0 Å². The summed E-state index contributed by atoms with van der Waals surface area (Å²) >= 11 is 0. The zero-order valence-corrected chi connectivity index (χ0v) is 12.2. The van der Waals surface area contributed by atoms with Gasteiger partial charge in [-0.15, -0.1) is 0 Å². The predicted molar refractivity (Wildman–Crippen MR) is 77.0 cm³/mol. The molecule has 0 bridgehead atoms. The van der Waals surface area contributed by atoms with E-state index < -0.39 is 0 Å². The van der Waals surface area contributed by atoms with E-state index in [2.05, 4.69) is 18.3 Å². The van der Waals surface area contributed by atoms with Crippen molar-refractivity contribution in [3.8, 4) is 11.5 Å². The van der Waals surface area contributed by atoms with Crippen molar-refractivity contribution in [2.75, 3.05) is 33.5 Å². The first-order valence-electron chi connectivity index (χ1n) is 6.90. The van der Waals surface area contributed by atoms with E-state index in [4.69, 9.17) is 14.2 Å². The molecule has 4 heteroatoms. The van der Waals surface area contributed by atoms with E-state index in [1.807, 2.05) is 19.1 Å². The van der Waals surface area contributed by atoms with Gasteiger partial charge in [0.2, 0.25) is 0 Å². The third kappa shape index (κ3) is 5.94. The van der Waals surface area contributed by atoms with E-state index in [1.54, 1.807) is 7.11 Å². The van der Waals surface area contributed by atoms with Crippen LogP contribution >= 0.6 is 0 Å². The molecule has 0 saturated heterocycles. The van der Waals surface area contributed by atoms with Gasteiger partial charge in [-0.3, -0.25) is 0 Å². The highest BCUT2D eigenvalue weighted by molar-refractivity contribution is 5.42. The Kier molecular flexibility index (Phi) is 8.02. The number of nitrogens with one attached hydrogen (secondary N) is 1. The van der Waals surface area contributed by atoms with Crippen molar-refractivity contribution < 1.29 is 14.2 Å². The lowest BCUT2D eigenvalue weighted by molar-refractivity contribution is 0.109. The average molecular weight is 267 g/mol. The van der Waals surface area contributed by atoms with Gasteiger partial charge in [0.05, 0.1) is 13.7 Å².